The number of phosphoric ester groups is 2. The summed E-state index contributed by atoms with van der Waals surface area (Å²) in [6.07, 6.45) is 58.3. The van der Waals surface area contributed by atoms with Crippen molar-refractivity contribution in [2.75, 3.05) is 39.6 Å². The molecule has 0 spiro atoms. The number of aliphatic hydroxyl groups excluding tert-OH is 1. The number of carbonyl (C=O) groups is 4. The number of ether oxygens (including phenoxy) is 4. The Balaban J connectivity index is 5.23. The second kappa shape index (κ2) is 69.8. The van der Waals surface area contributed by atoms with E-state index in [1.54, 1.807) is 0 Å². The maximum atomic E-state index is 13.1. The zero-order chi connectivity index (χ0) is 71.4. The van der Waals surface area contributed by atoms with Gasteiger partial charge in [0.2, 0.25) is 0 Å². The third-order valence-corrected chi connectivity index (χ3v) is 20.1. The maximum Gasteiger partial charge on any atom is 0.472 e. The van der Waals surface area contributed by atoms with Gasteiger partial charge in [0.25, 0.3) is 0 Å². The van der Waals surface area contributed by atoms with E-state index in [0.717, 1.165) is 102 Å². The molecule has 0 aromatic heterocycles. The molecule has 0 rings (SSSR count). The summed E-state index contributed by atoms with van der Waals surface area (Å²) in [4.78, 5) is 72.9. The molecule has 17 nitrogen and oxygen atoms in total. The summed E-state index contributed by atoms with van der Waals surface area (Å²) in [5, 5.41) is 10.6. The quantitative estimate of drug-likeness (QED) is 0.0222. The van der Waals surface area contributed by atoms with E-state index < -0.39 is 97.5 Å². The monoisotopic (exact) mass is 1420 g/mol. The molecule has 2 unspecified atom stereocenters. The van der Waals surface area contributed by atoms with Crippen LogP contribution in [-0.2, 0) is 65.4 Å². The van der Waals surface area contributed by atoms with Crippen molar-refractivity contribution in [1.82, 2.24) is 0 Å². The molecule has 5 atom stereocenters. The van der Waals surface area contributed by atoms with E-state index in [1.165, 1.54) is 225 Å². The summed E-state index contributed by atoms with van der Waals surface area (Å²) >= 11 is 0. The normalized spacial score (nSPS) is 14.0. The zero-order valence-electron chi connectivity index (χ0n) is 63.4. The van der Waals surface area contributed by atoms with E-state index in [1.807, 2.05) is 0 Å². The van der Waals surface area contributed by atoms with Crippen molar-refractivity contribution in [3.05, 3.63) is 0 Å². The van der Waals surface area contributed by atoms with Crippen LogP contribution >= 0.6 is 15.6 Å². The van der Waals surface area contributed by atoms with Gasteiger partial charge in [0.1, 0.15) is 19.3 Å². The third-order valence-electron chi connectivity index (χ3n) is 18.2. The van der Waals surface area contributed by atoms with Gasteiger partial charge in [-0.3, -0.25) is 37.3 Å². The molecule has 0 bridgehead atoms. The summed E-state index contributed by atoms with van der Waals surface area (Å²) in [5.74, 6) is -0.585. The van der Waals surface area contributed by atoms with Crippen molar-refractivity contribution in [2.24, 2.45) is 11.8 Å². The molecule has 97 heavy (non-hydrogen) atoms. The first kappa shape index (κ1) is 95.1. The molecule has 0 radical (unpaired) electrons. The highest BCUT2D eigenvalue weighted by Gasteiger charge is 2.30. The van der Waals surface area contributed by atoms with Crippen molar-refractivity contribution in [3.63, 3.8) is 0 Å². The number of phosphoric acid groups is 2. The van der Waals surface area contributed by atoms with Gasteiger partial charge in [-0.2, -0.15) is 0 Å². The molecular formula is C78H152O17P2. The molecule has 19 heteroatoms. The Hall–Kier alpha value is -1.94. The molecule has 3 N–H and O–H groups in total. The summed E-state index contributed by atoms with van der Waals surface area (Å²) < 4.78 is 68.6. The SMILES string of the molecule is CCCCCCCCCCCCCCCCCCC(=O)OC[C@H](COP(=O)(O)OC[C@@H](O)COP(=O)(O)OC[C@@H](COC(=O)CCCCCCCCCCCCC)OC(=O)CCCCCCCCCCC(C)C)OC(=O)CCCCCCCCCCCCCCCCCCC(C)C. The Morgan fingerprint density at radius 2 is 0.474 bits per heavy atom. The topological polar surface area (TPSA) is 237 Å². The first-order chi connectivity index (χ1) is 46.9. The lowest BCUT2D eigenvalue weighted by Gasteiger charge is -2.21. The number of unbranched alkanes of at least 4 members (excludes halogenated alkanes) is 47. The van der Waals surface area contributed by atoms with E-state index in [4.69, 9.17) is 37.0 Å². The van der Waals surface area contributed by atoms with Crippen molar-refractivity contribution < 1.29 is 80.2 Å². The van der Waals surface area contributed by atoms with Crippen LogP contribution in [0.4, 0.5) is 0 Å². The minimum atomic E-state index is -4.96. The fraction of sp³-hybridized carbons (Fsp3) is 0.949. The molecule has 0 saturated carbocycles. The summed E-state index contributed by atoms with van der Waals surface area (Å²) in [7, 11) is -9.91. The van der Waals surface area contributed by atoms with E-state index in [0.29, 0.717) is 25.7 Å². The summed E-state index contributed by atoms with van der Waals surface area (Å²) in [6, 6.07) is 0. The highest BCUT2D eigenvalue weighted by Crippen LogP contribution is 2.45. The van der Waals surface area contributed by atoms with E-state index in [2.05, 4.69) is 41.5 Å². The second-order valence-corrected chi connectivity index (χ2v) is 32.0. The van der Waals surface area contributed by atoms with Crippen LogP contribution in [0, 0.1) is 11.8 Å². The summed E-state index contributed by atoms with van der Waals surface area (Å²) in [5.41, 5.74) is 0. The lowest BCUT2D eigenvalue weighted by molar-refractivity contribution is -0.161. The van der Waals surface area contributed by atoms with Gasteiger partial charge in [-0.05, 0) is 37.5 Å². The van der Waals surface area contributed by atoms with Crippen molar-refractivity contribution in [1.29, 1.82) is 0 Å². The average Bonchev–Trinajstić information content (AvgIpc) is 1.20. The molecule has 576 valence electrons. The third kappa shape index (κ3) is 72.2. The standard InChI is InChI=1S/C78H152O17P2/c1-7-9-11-13-15-17-19-20-21-25-28-32-36-43-49-55-61-76(81)89-66-73(94-77(82)62-56-50-44-37-33-29-26-23-22-24-27-31-34-40-46-52-58-70(3)4)68-92-96(84,85)90-64-72(79)65-91-97(86,87)93-69-74(95-78(83)63-57-51-45-39-38-41-47-53-59-71(5)6)67-88-75(80)60-54-48-42-35-30-18-16-14-12-10-8-2/h70-74,79H,7-69H2,1-6H3,(H,84,85)(H,86,87)/t72-,73-,74-/m1/s1. The number of carbonyl (C=O) groups excluding carboxylic acids is 4. The number of rotatable bonds is 77. The minimum absolute atomic E-state index is 0.105. The Morgan fingerprint density at radius 3 is 0.701 bits per heavy atom. The molecular weight excluding hydrogens is 1270 g/mol. The largest absolute Gasteiger partial charge is 0.472 e. The Bertz CT molecular complexity index is 1870. The average molecular weight is 1420 g/mol. The Labute approximate surface area is 594 Å². The molecule has 0 aliphatic heterocycles. The molecule has 0 aliphatic rings. The van der Waals surface area contributed by atoms with Gasteiger partial charge < -0.3 is 33.8 Å². The highest BCUT2D eigenvalue weighted by molar-refractivity contribution is 7.47. The van der Waals surface area contributed by atoms with Crippen molar-refractivity contribution in [2.45, 2.75) is 426 Å². The van der Waals surface area contributed by atoms with Gasteiger partial charge in [-0.25, -0.2) is 9.13 Å². The maximum absolute atomic E-state index is 13.1. The Kier molecular flexibility index (Phi) is 68.4. The van der Waals surface area contributed by atoms with E-state index in [-0.39, 0.29) is 25.7 Å². The van der Waals surface area contributed by atoms with Crippen LogP contribution in [0.15, 0.2) is 0 Å². The highest BCUT2D eigenvalue weighted by atomic mass is 31.2. The summed E-state index contributed by atoms with van der Waals surface area (Å²) in [6.45, 7) is 9.60. The lowest BCUT2D eigenvalue weighted by Crippen LogP contribution is -2.30. The predicted octanol–water partition coefficient (Wildman–Crippen LogP) is 23.1. The molecule has 0 amide bonds. The van der Waals surface area contributed by atoms with E-state index in [9.17, 15) is 43.2 Å². The fourth-order valence-electron chi connectivity index (χ4n) is 12.0. The number of esters is 4. The van der Waals surface area contributed by atoms with Crippen LogP contribution in [0.2, 0.25) is 0 Å². The molecule has 0 saturated heterocycles. The van der Waals surface area contributed by atoms with Crippen LogP contribution in [0.5, 0.6) is 0 Å². The van der Waals surface area contributed by atoms with Crippen molar-refractivity contribution in [3.8, 4) is 0 Å². The van der Waals surface area contributed by atoms with Gasteiger partial charge in [0.15, 0.2) is 12.2 Å². The van der Waals surface area contributed by atoms with Crippen molar-refractivity contribution >= 4 is 39.5 Å². The first-order valence-corrected chi connectivity index (χ1v) is 43.5. The Morgan fingerprint density at radius 1 is 0.278 bits per heavy atom. The van der Waals surface area contributed by atoms with Gasteiger partial charge in [0, 0.05) is 25.7 Å². The van der Waals surface area contributed by atoms with Crippen LogP contribution in [0.3, 0.4) is 0 Å². The fourth-order valence-corrected chi connectivity index (χ4v) is 13.6. The van der Waals surface area contributed by atoms with Crippen LogP contribution in [0.1, 0.15) is 408 Å². The van der Waals surface area contributed by atoms with Gasteiger partial charge in [-0.15, -0.1) is 0 Å². The minimum Gasteiger partial charge on any atom is -0.462 e. The number of aliphatic hydroxyl groups is 1. The van der Waals surface area contributed by atoms with E-state index >= 15 is 0 Å². The smallest absolute Gasteiger partial charge is 0.462 e. The van der Waals surface area contributed by atoms with Crippen LogP contribution < -0.4 is 0 Å². The number of hydrogen-bond donors (Lipinski definition) is 3. The van der Waals surface area contributed by atoms with Gasteiger partial charge in [0.05, 0.1) is 26.4 Å². The zero-order valence-corrected chi connectivity index (χ0v) is 65.2. The lowest BCUT2D eigenvalue weighted by atomic mass is 10.0. The van der Waals surface area contributed by atoms with Crippen LogP contribution in [0.25, 0.3) is 0 Å². The molecule has 0 aliphatic carbocycles. The van der Waals surface area contributed by atoms with Crippen LogP contribution in [-0.4, -0.2) is 96.7 Å². The molecule has 0 aromatic rings. The molecule has 0 aromatic carbocycles. The first-order valence-electron chi connectivity index (χ1n) is 40.5. The van der Waals surface area contributed by atoms with Gasteiger partial charge >= 0.3 is 39.5 Å². The molecule has 0 fully saturated rings. The second-order valence-electron chi connectivity index (χ2n) is 29.1. The predicted molar refractivity (Wildman–Crippen MR) is 395 cm³/mol. The van der Waals surface area contributed by atoms with Gasteiger partial charge in [-0.1, -0.05) is 356 Å². The molecule has 0 heterocycles. The number of hydrogen-bond acceptors (Lipinski definition) is 15.